The lowest BCUT2D eigenvalue weighted by atomic mass is 10.2. The average molecular weight is 308 g/mol. The summed E-state index contributed by atoms with van der Waals surface area (Å²) in [6.45, 7) is 0.325. The van der Waals surface area contributed by atoms with Crippen LogP contribution in [0.5, 0.6) is 0 Å². The molecular formula is C15H12N6O2. The SMILES string of the molecule is O=C(NCc1cccn2ccnc12)c1cncc2[nH]c(=O)[nH]c12. The molecule has 0 aliphatic carbocycles. The first kappa shape index (κ1) is 13.3. The molecule has 8 nitrogen and oxygen atoms in total. The number of carbonyl (C=O) groups excluding carboxylic acids is 1. The zero-order valence-electron chi connectivity index (χ0n) is 11.9. The summed E-state index contributed by atoms with van der Waals surface area (Å²) < 4.78 is 1.88. The molecule has 0 aromatic carbocycles. The van der Waals surface area contributed by atoms with E-state index in [0.29, 0.717) is 23.1 Å². The Labute approximate surface area is 129 Å². The number of fused-ring (bicyclic) bond motifs is 2. The highest BCUT2D eigenvalue weighted by Gasteiger charge is 2.13. The molecule has 114 valence electrons. The second-order valence-corrected chi connectivity index (χ2v) is 5.06. The van der Waals surface area contributed by atoms with Crippen LogP contribution in [0, 0.1) is 0 Å². The van der Waals surface area contributed by atoms with Crippen molar-refractivity contribution in [1.29, 1.82) is 0 Å². The number of aromatic amines is 2. The maximum absolute atomic E-state index is 12.4. The molecule has 3 N–H and O–H groups in total. The van der Waals surface area contributed by atoms with E-state index >= 15 is 0 Å². The highest BCUT2D eigenvalue weighted by molar-refractivity contribution is 6.04. The molecule has 0 spiro atoms. The summed E-state index contributed by atoms with van der Waals surface area (Å²) in [6, 6.07) is 3.79. The molecule has 0 unspecified atom stereocenters. The van der Waals surface area contributed by atoms with Crippen LogP contribution >= 0.6 is 0 Å². The molecule has 0 fully saturated rings. The van der Waals surface area contributed by atoms with Gasteiger partial charge in [0.05, 0.1) is 22.8 Å². The monoisotopic (exact) mass is 308 g/mol. The van der Waals surface area contributed by atoms with Crippen LogP contribution in [0.4, 0.5) is 0 Å². The summed E-state index contributed by atoms with van der Waals surface area (Å²) in [4.78, 5) is 37.2. The first-order chi connectivity index (χ1) is 11.2. The highest BCUT2D eigenvalue weighted by atomic mass is 16.2. The number of amides is 1. The van der Waals surface area contributed by atoms with Gasteiger partial charge in [-0.15, -0.1) is 0 Å². The third-order valence-corrected chi connectivity index (χ3v) is 3.62. The molecule has 0 aliphatic heterocycles. The van der Waals surface area contributed by atoms with Gasteiger partial charge in [-0.2, -0.15) is 0 Å². The van der Waals surface area contributed by atoms with Crippen LogP contribution in [0.2, 0.25) is 0 Å². The van der Waals surface area contributed by atoms with Crippen LogP contribution in [-0.2, 0) is 6.54 Å². The van der Waals surface area contributed by atoms with E-state index in [9.17, 15) is 9.59 Å². The average Bonchev–Trinajstić information content (AvgIpc) is 3.17. The summed E-state index contributed by atoms with van der Waals surface area (Å²) in [7, 11) is 0. The van der Waals surface area contributed by atoms with Crippen LogP contribution in [0.25, 0.3) is 16.7 Å². The van der Waals surface area contributed by atoms with Crippen LogP contribution < -0.4 is 11.0 Å². The van der Waals surface area contributed by atoms with Crippen LogP contribution in [-0.4, -0.2) is 30.2 Å². The Hall–Kier alpha value is -3.42. The van der Waals surface area contributed by atoms with E-state index in [4.69, 9.17) is 0 Å². The summed E-state index contributed by atoms with van der Waals surface area (Å²) in [6.07, 6.45) is 8.36. The number of nitrogens with one attached hydrogen (secondary N) is 3. The fourth-order valence-electron chi connectivity index (χ4n) is 2.55. The molecule has 23 heavy (non-hydrogen) atoms. The van der Waals surface area contributed by atoms with Crippen molar-refractivity contribution in [2.24, 2.45) is 0 Å². The molecule has 4 heterocycles. The smallest absolute Gasteiger partial charge is 0.323 e. The Morgan fingerprint density at radius 3 is 3.09 bits per heavy atom. The number of aromatic nitrogens is 5. The van der Waals surface area contributed by atoms with Crippen LogP contribution in [0.3, 0.4) is 0 Å². The molecule has 4 aromatic rings. The van der Waals surface area contributed by atoms with Gasteiger partial charge in [0.15, 0.2) is 0 Å². The van der Waals surface area contributed by atoms with Gasteiger partial charge in [0.25, 0.3) is 5.91 Å². The van der Waals surface area contributed by atoms with Gasteiger partial charge in [-0.05, 0) is 6.07 Å². The van der Waals surface area contributed by atoms with Gasteiger partial charge >= 0.3 is 5.69 Å². The number of nitrogens with zero attached hydrogens (tertiary/aromatic N) is 3. The minimum atomic E-state index is -0.371. The lowest BCUT2D eigenvalue weighted by Crippen LogP contribution is -2.23. The highest BCUT2D eigenvalue weighted by Crippen LogP contribution is 2.12. The molecule has 8 heteroatoms. The van der Waals surface area contributed by atoms with E-state index < -0.39 is 0 Å². The van der Waals surface area contributed by atoms with Crippen LogP contribution in [0.15, 0.2) is 47.9 Å². The molecule has 0 atom stereocenters. The van der Waals surface area contributed by atoms with Crippen molar-refractivity contribution in [3.05, 3.63) is 64.7 Å². The first-order valence-corrected chi connectivity index (χ1v) is 6.97. The Kier molecular flexibility index (Phi) is 2.94. The minimum absolute atomic E-state index is 0.313. The Balaban J connectivity index is 1.62. The summed E-state index contributed by atoms with van der Waals surface area (Å²) >= 11 is 0. The first-order valence-electron chi connectivity index (χ1n) is 6.97. The van der Waals surface area contributed by atoms with Crippen molar-refractivity contribution in [2.45, 2.75) is 6.54 Å². The minimum Gasteiger partial charge on any atom is -0.348 e. The van der Waals surface area contributed by atoms with Crippen molar-refractivity contribution in [1.82, 2.24) is 29.7 Å². The quantitative estimate of drug-likeness (QED) is 0.521. The van der Waals surface area contributed by atoms with Crippen LogP contribution in [0.1, 0.15) is 15.9 Å². The molecule has 0 radical (unpaired) electrons. The van der Waals surface area contributed by atoms with E-state index in [0.717, 1.165) is 11.2 Å². The number of carbonyl (C=O) groups is 1. The zero-order valence-corrected chi connectivity index (χ0v) is 11.9. The lowest BCUT2D eigenvalue weighted by molar-refractivity contribution is 0.0952. The molecule has 0 saturated heterocycles. The van der Waals surface area contributed by atoms with Gasteiger partial charge in [0, 0.05) is 36.9 Å². The summed E-state index contributed by atoms with van der Waals surface area (Å²) in [5, 5.41) is 2.83. The van der Waals surface area contributed by atoms with Gasteiger partial charge in [-0.25, -0.2) is 9.78 Å². The summed E-state index contributed by atoms with van der Waals surface area (Å²) in [5.41, 5.74) is 2.58. The Morgan fingerprint density at radius 1 is 1.26 bits per heavy atom. The molecule has 0 saturated carbocycles. The van der Waals surface area contributed by atoms with Gasteiger partial charge in [0.2, 0.25) is 0 Å². The number of H-pyrrole nitrogens is 2. The number of pyridine rings is 2. The van der Waals surface area contributed by atoms with Crippen molar-refractivity contribution in [2.75, 3.05) is 0 Å². The third kappa shape index (κ3) is 2.26. The van der Waals surface area contributed by atoms with Crippen molar-refractivity contribution in [3.8, 4) is 0 Å². The summed E-state index contributed by atoms with van der Waals surface area (Å²) in [5.74, 6) is -0.313. The molecule has 4 rings (SSSR count). The second-order valence-electron chi connectivity index (χ2n) is 5.06. The fraction of sp³-hybridized carbons (Fsp3) is 0.0667. The van der Waals surface area contributed by atoms with E-state index in [-0.39, 0.29) is 11.6 Å². The van der Waals surface area contributed by atoms with Gasteiger partial charge in [-0.1, -0.05) is 6.07 Å². The Morgan fingerprint density at radius 2 is 2.17 bits per heavy atom. The van der Waals surface area contributed by atoms with Gasteiger partial charge < -0.3 is 19.7 Å². The molecule has 0 bridgehead atoms. The number of hydrogen-bond donors (Lipinski definition) is 3. The predicted molar refractivity (Wildman–Crippen MR) is 83.1 cm³/mol. The Bertz CT molecular complexity index is 1070. The van der Waals surface area contributed by atoms with E-state index in [1.54, 1.807) is 6.20 Å². The van der Waals surface area contributed by atoms with E-state index in [2.05, 4.69) is 25.3 Å². The van der Waals surface area contributed by atoms with Crippen molar-refractivity contribution in [3.63, 3.8) is 0 Å². The predicted octanol–water partition coefficient (Wildman–Crippen LogP) is 0.829. The topological polar surface area (TPSA) is 108 Å². The zero-order chi connectivity index (χ0) is 15.8. The number of rotatable bonds is 3. The molecule has 0 aliphatic rings. The lowest BCUT2D eigenvalue weighted by Gasteiger charge is -2.07. The van der Waals surface area contributed by atoms with Crippen molar-refractivity contribution >= 4 is 22.6 Å². The molecule has 4 aromatic heterocycles. The normalized spacial score (nSPS) is 11.1. The van der Waals surface area contributed by atoms with Gasteiger partial charge in [0.1, 0.15) is 5.65 Å². The van der Waals surface area contributed by atoms with E-state index in [1.807, 2.05) is 28.9 Å². The number of hydrogen-bond acceptors (Lipinski definition) is 4. The standard InChI is InChI=1S/C15H12N6O2/c22-14(10-7-16-8-11-12(10)20-15(23)19-11)18-6-9-2-1-4-21-5-3-17-13(9)21/h1-5,7-8H,6H2,(H,18,22)(H2,19,20,23). The largest absolute Gasteiger partial charge is 0.348 e. The van der Waals surface area contributed by atoms with E-state index in [1.165, 1.54) is 12.4 Å². The fourth-order valence-corrected chi connectivity index (χ4v) is 2.55. The maximum atomic E-state index is 12.4. The molecular weight excluding hydrogens is 296 g/mol. The second kappa shape index (κ2) is 5.09. The third-order valence-electron chi connectivity index (χ3n) is 3.62. The van der Waals surface area contributed by atoms with Gasteiger partial charge in [-0.3, -0.25) is 9.78 Å². The van der Waals surface area contributed by atoms with Crippen molar-refractivity contribution < 1.29 is 4.79 Å². The number of imidazole rings is 2. The maximum Gasteiger partial charge on any atom is 0.323 e. The molecule has 1 amide bonds.